The third-order valence-corrected chi connectivity index (χ3v) is 2.59. The number of halogens is 3. The van der Waals surface area contributed by atoms with Crippen LogP contribution in [-0.2, 0) is 10.9 Å². The van der Waals surface area contributed by atoms with Crippen molar-refractivity contribution >= 4 is 11.8 Å². The van der Waals surface area contributed by atoms with Gasteiger partial charge in [0, 0.05) is 0 Å². The summed E-state index contributed by atoms with van der Waals surface area (Å²) < 4.78 is 42.4. The maximum absolute atomic E-state index is 12.5. The first-order valence-corrected chi connectivity index (χ1v) is 6.02. The number of aryl methyl sites for hydroxylation is 1. The molecule has 1 heterocycles. The standard InChI is InChI=1S/C11H10F3NO2.C2H6/c1-7-2-3-8(11(12,13)14)6-9(7)15-4-5-17-10(15)16;1-2/h2-3,6H,4-5H2,1H3;1-2H3. The van der Waals surface area contributed by atoms with Crippen LogP contribution in [0.2, 0.25) is 0 Å². The highest BCUT2D eigenvalue weighted by molar-refractivity contribution is 5.90. The summed E-state index contributed by atoms with van der Waals surface area (Å²) in [6, 6.07) is 3.33. The van der Waals surface area contributed by atoms with Gasteiger partial charge in [0.15, 0.2) is 0 Å². The van der Waals surface area contributed by atoms with E-state index in [1.54, 1.807) is 6.92 Å². The molecule has 0 aromatic heterocycles. The SMILES string of the molecule is CC.Cc1ccc(C(F)(F)F)cc1N1CCOC1=O. The number of amides is 1. The minimum absolute atomic E-state index is 0.203. The summed E-state index contributed by atoms with van der Waals surface area (Å²) in [5.41, 5.74) is 0.0944. The van der Waals surface area contributed by atoms with Crippen molar-refractivity contribution in [1.82, 2.24) is 0 Å². The summed E-state index contributed by atoms with van der Waals surface area (Å²) in [4.78, 5) is 12.5. The van der Waals surface area contributed by atoms with E-state index in [2.05, 4.69) is 0 Å². The molecule has 0 unspecified atom stereocenters. The van der Waals surface area contributed by atoms with Crippen LogP contribution >= 0.6 is 0 Å². The summed E-state index contributed by atoms with van der Waals surface area (Å²) in [6.07, 6.45) is -5.01. The zero-order chi connectivity index (χ0) is 14.6. The Morgan fingerprint density at radius 1 is 1.26 bits per heavy atom. The van der Waals surface area contributed by atoms with Gasteiger partial charge in [0.05, 0.1) is 17.8 Å². The number of anilines is 1. The van der Waals surface area contributed by atoms with Gasteiger partial charge in [-0.1, -0.05) is 19.9 Å². The smallest absolute Gasteiger partial charge is 0.416 e. The first kappa shape index (κ1) is 15.3. The Bertz CT molecular complexity index is 458. The fraction of sp³-hybridized carbons (Fsp3) is 0.462. The quantitative estimate of drug-likeness (QED) is 0.775. The van der Waals surface area contributed by atoms with Gasteiger partial charge in [0.25, 0.3) is 0 Å². The van der Waals surface area contributed by atoms with Crippen molar-refractivity contribution in [2.24, 2.45) is 0 Å². The molecular weight excluding hydrogens is 259 g/mol. The van der Waals surface area contributed by atoms with E-state index in [-0.39, 0.29) is 18.8 Å². The number of benzene rings is 1. The number of nitrogens with zero attached hydrogens (tertiary/aromatic N) is 1. The summed E-state index contributed by atoms with van der Waals surface area (Å²) in [5.74, 6) is 0. The third kappa shape index (κ3) is 3.39. The van der Waals surface area contributed by atoms with Gasteiger partial charge in [-0.3, -0.25) is 4.90 Å². The molecule has 1 aliphatic rings. The van der Waals surface area contributed by atoms with Crippen LogP contribution in [0.3, 0.4) is 0 Å². The van der Waals surface area contributed by atoms with Gasteiger partial charge in [-0.2, -0.15) is 13.2 Å². The molecule has 106 valence electrons. The van der Waals surface area contributed by atoms with Crippen LogP contribution < -0.4 is 4.90 Å². The molecule has 19 heavy (non-hydrogen) atoms. The molecule has 0 atom stereocenters. The van der Waals surface area contributed by atoms with Crippen molar-refractivity contribution in [3.63, 3.8) is 0 Å². The van der Waals surface area contributed by atoms with Crippen molar-refractivity contribution in [2.45, 2.75) is 26.9 Å². The highest BCUT2D eigenvalue weighted by Gasteiger charge is 2.33. The van der Waals surface area contributed by atoms with E-state index in [0.717, 1.165) is 12.1 Å². The Labute approximate surface area is 110 Å². The lowest BCUT2D eigenvalue weighted by molar-refractivity contribution is -0.137. The molecule has 0 N–H and O–H groups in total. The van der Waals surface area contributed by atoms with E-state index < -0.39 is 17.8 Å². The molecule has 1 amide bonds. The minimum atomic E-state index is -4.41. The topological polar surface area (TPSA) is 29.5 Å². The van der Waals surface area contributed by atoms with E-state index in [1.165, 1.54) is 11.0 Å². The molecule has 0 radical (unpaired) electrons. The molecule has 0 aliphatic carbocycles. The number of cyclic esters (lactones) is 1. The normalized spacial score (nSPS) is 14.8. The van der Waals surface area contributed by atoms with Crippen LogP contribution in [0, 0.1) is 6.92 Å². The third-order valence-electron chi connectivity index (χ3n) is 2.59. The summed E-state index contributed by atoms with van der Waals surface area (Å²) in [5, 5.41) is 0. The summed E-state index contributed by atoms with van der Waals surface area (Å²) in [6.45, 7) is 6.14. The van der Waals surface area contributed by atoms with Gasteiger partial charge in [0.2, 0.25) is 0 Å². The van der Waals surface area contributed by atoms with Gasteiger partial charge >= 0.3 is 12.3 Å². The predicted molar refractivity (Wildman–Crippen MR) is 66.2 cm³/mol. The van der Waals surface area contributed by atoms with Crippen molar-refractivity contribution in [2.75, 3.05) is 18.1 Å². The number of rotatable bonds is 1. The van der Waals surface area contributed by atoms with Crippen molar-refractivity contribution in [3.8, 4) is 0 Å². The van der Waals surface area contributed by atoms with Crippen LogP contribution in [-0.4, -0.2) is 19.2 Å². The first-order valence-electron chi connectivity index (χ1n) is 6.02. The summed E-state index contributed by atoms with van der Waals surface area (Å²) in [7, 11) is 0. The van der Waals surface area contributed by atoms with E-state index in [1.807, 2.05) is 13.8 Å². The number of alkyl halides is 3. The van der Waals surface area contributed by atoms with Crippen LogP contribution in [0.15, 0.2) is 18.2 Å². The molecule has 3 nitrogen and oxygen atoms in total. The van der Waals surface area contributed by atoms with Gasteiger partial charge < -0.3 is 4.74 Å². The van der Waals surface area contributed by atoms with E-state index in [9.17, 15) is 18.0 Å². The molecule has 2 rings (SSSR count). The number of ether oxygens (including phenoxy) is 1. The van der Waals surface area contributed by atoms with Crippen molar-refractivity contribution < 1.29 is 22.7 Å². The average molecular weight is 275 g/mol. The van der Waals surface area contributed by atoms with Crippen molar-refractivity contribution in [3.05, 3.63) is 29.3 Å². The Morgan fingerprint density at radius 2 is 1.89 bits per heavy atom. The van der Waals surface area contributed by atoms with Crippen molar-refractivity contribution in [1.29, 1.82) is 0 Å². The lowest BCUT2D eigenvalue weighted by Crippen LogP contribution is -2.24. The molecule has 6 heteroatoms. The first-order chi connectivity index (χ1) is 8.89. The molecule has 1 aromatic carbocycles. The molecular formula is C13H16F3NO2. The second-order valence-corrected chi connectivity index (χ2v) is 3.77. The molecule has 1 fully saturated rings. The lowest BCUT2D eigenvalue weighted by atomic mass is 10.1. The Balaban J connectivity index is 0.000000861. The Kier molecular flexibility index (Phi) is 4.80. The van der Waals surface area contributed by atoms with E-state index in [0.29, 0.717) is 5.56 Å². The number of hydrogen-bond acceptors (Lipinski definition) is 2. The second kappa shape index (κ2) is 5.95. The Morgan fingerprint density at radius 3 is 2.37 bits per heavy atom. The highest BCUT2D eigenvalue weighted by Crippen LogP contribution is 2.34. The predicted octanol–water partition coefficient (Wildman–Crippen LogP) is 4.00. The molecule has 1 saturated heterocycles. The highest BCUT2D eigenvalue weighted by atomic mass is 19.4. The summed E-state index contributed by atoms with van der Waals surface area (Å²) >= 11 is 0. The fourth-order valence-electron chi connectivity index (χ4n) is 1.69. The zero-order valence-electron chi connectivity index (χ0n) is 11.0. The molecule has 0 bridgehead atoms. The maximum Gasteiger partial charge on any atom is 0.416 e. The van der Waals surface area contributed by atoms with Crippen LogP contribution in [0.1, 0.15) is 25.0 Å². The fourth-order valence-corrected chi connectivity index (χ4v) is 1.69. The molecule has 1 aliphatic heterocycles. The number of hydrogen-bond donors (Lipinski definition) is 0. The minimum Gasteiger partial charge on any atom is -0.447 e. The van der Waals surface area contributed by atoms with Crippen LogP contribution in [0.25, 0.3) is 0 Å². The Hall–Kier alpha value is -1.72. The lowest BCUT2D eigenvalue weighted by Gasteiger charge is -2.17. The average Bonchev–Trinajstić information content (AvgIpc) is 2.77. The van der Waals surface area contributed by atoms with Gasteiger partial charge in [-0.05, 0) is 24.6 Å². The number of carbonyl (C=O) groups excluding carboxylic acids is 1. The second-order valence-electron chi connectivity index (χ2n) is 3.77. The van der Waals surface area contributed by atoms with Crippen LogP contribution in [0.5, 0.6) is 0 Å². The number of carbonyl (C=O) groups is 1. The van der Waals surface area contributed by atoms with E-state index in [4.69, 9.17) is 4.74 Å². The zero-order valence-corrected chi connectivity index (χ0v) is 11.0. The monoisotopic (exact) mass is 275 g/mol. The van der Waals surface area contributed by atoms with Gasteiger partial charge in [0.1, 0.15) is 6.61 Å². The largest absolute Gasteiger partial charge is 0.447 e. The van der Waals surface area contributed by atoms with Crippen LogP contribution in [0.4, 0.5) is 23.7 Å². The van der Waals surface area contributed by atoms with E-state index >= 15 is 0 Å². The molecule has 0 spiro atoms. The van der Waals surface area contributed by atoms with Gasteiger partial charge in [-0.25, -0.2) is 4.79 Å². The maximum atomic E-state index is 12.5. The molecule has 0 saturated carbocycles. The molecule has 1 aromatic rings. The van der Waals surface area contributed by atoms with Gasteiger partial charge in [-0.15, -0.1) is 0 Å².